The van der Waals surface area contributed by atoms with Crippen molar-refractivity contribution >= 4 is 26.8 Å². The molecule has 0 spiro atoms. The second-order valence-corrected chi connectivity index (χ2v) is 6.25. The monoisotopic (exact) mass is 404 g/mol. The van der Waals surface area contributed by atoms with Crippen LogP contribution in [0, 0.1) is 0 Å². The molecular weight excluding hydrogens is 394 g/mol. The average Bonchev–Trinajstić information content (AvgIpc) is 3.24. The number of alkyl halides is 2. The lowest BCUT2D eigenvalue weighted by Crippen LogP contribution is -2.00. The van der Waals surface area contributed by atoms with E-state index in [1.54, 1.807) is 12.3 Å². The maximum Gasteiger partial charge on any atom is 0.314 e. The highest BCUT2D eigenvalue weighted by Crippen LogP contribution is 2.26. The summed E-state index contributed by atoms with van der Waals surface area (Å²) in [7, 11) is 0. The molecule has 0 saturated heterocycles. The number of fused-ring (bicyclic) bond motifs is 1. The summed E-state index contributed by atoms with van der Waals surface area (Å²) in [5.74, 6) is -0.659. The number of benzene rings is 1. The predicted molar refractivity (Wildman–Crippen MR) is 91.2 cm³/mol. The van der Waals surface area contributed by atoms with Crippen molar-refractivity contribution in [3.05, 3.63) is 64.8 Å². The number of hydrogen-bond donors (Lipinski definition) is 0. The van der Waals surface area contributed by atoms with E-state index in [2.05, 4.69) is 35.7 Å². The molecule has 0 aliphatic carbocycles. The van der Waals surface area contributed by atoms with E-state index in [4.69, 9.17) is 4.42 Å². The van der Waals surface area contributed by atoms with E-state index in [9.17, 15) is 8.78 Å². The topological polar surface area (TPSA) is 56.7 Å². The molecule has 4 rings (SSSR count). The zero-order chi connectivity index (χ0) is 17.4. The largest absolute Gasteiger partial charge is 0.415 e. The second-order valence-electron chi connectivity index (χ2n) is 5.40. The molecule has 0 N–H and O–H groups in total. The summed E-state index contributed by atoms with van der Waals surface area (Å²) >= 11 is 3.54. The van der Waals surface area contributed by atoms with E-state index in [0.29, 0.717) is 12.1 Å². The van der Waals surface area contributed by atoms with Gasteiger partial charge in [-0.1, -0.05) is 22.0 Å². The highest BCUT2D eigenvalue weighted by Gasteiger charge is 2.17. The van der Waals surface area contributed by atoms with Gasteiger partial charge < -0.3 is 8.98 Å². The van der Waals surface area contributed by atoms with Gasteiger partial charge in [-0.25, -0.2) is 0 Å². The summed E-state index contributed by atoms with van der Waals surface area (Å²) in [6.45, 7) is 0.590. The van der Waals surface area contributed by atoms with Gasteiger partial charge in [-0.05, 0) is 30.3 Å². The van der Waals surface area contributed by atoms with Crippen molar-refractivity contribution in [2.75, 3.05) is 0 Å². The van der Waals surface area contributed by atoms with Crippen LogP contribution in [0.5, 0.6) is 0 Å². The van der Waals surface area contributed by atoms with E-state index in [1.807, 2.05) is 36.5 Å². The molecule has 5 nitrogen and oxygen atoms in total. The van der Waals surface area contributed by atoms with Crippen LogP contribution in [0.4, 0.5) is 8.78 Å². The van der Waals surface area contributed by atoms with Crippen molar-refractivity contribution in [3.63, 3.8) is 0 Å². The maximum atomic E-state index is 12.5. The molecule has 1 aromatic carbocycles. The van der Waals surface area contributed by atoms with Crippen LogP contribution in [0.3, 0.4) is 0 Å². The van der Waals surface area contributed by atoms with Gasteiger partial charge in [0.05, 0.1) is 17.8 Å². The van der Waals surface area contributed by atoms with Crippen molar-refractivity contribution in [1.82, 2.24) is 19.7 Å². The normalized spacial score (nSPS) is 11.5. The van der Waals surface area contributed by atoms with Crippen LogP contribution in [0.25, 0.3) is 22.4 Å². The molecule has 3 heterocycles. The van der Waals surface area contributed by atoms with E-state index in [-0.39, 0.29) is 5.89 Å². The third kappa shape index (κ3) is 3.05. The third-order valence-corrected chi connectivity index (χ3v) is 4.48. The lowest BCUT2D eigenvalue weighted by molar-refractivity contribution is 0.116. The number of nitrogens with zero attached hydrogens (tertiary/aromatic N) is 4. The minimum Gasteiger partial charge on any atom is -0.415 e. The molecule has 4 aromatic rings. The maximum absolute atomic E-state index is 12.5. The molecule has 0 aliphatic rings. The highest BCUT2D eigenvalue weighted by molar-refractivity contribution is 9.10. The smallest absolute Gasteiger partial charge is 0.314 e. The molecule has 25 heavy (non-hydrogen) atoms. The van der Waals surface area contributed by atoms with Crippen LogP contribution >= 0.6 is 15.9 Å². The Hall–Kier alpha value is -2.61. The Labute approximate surface area is 149 Å². The van der Waals surface area contributed by atoms with Crippen molar-refractivity contribution in [1.29, 1.82) is 0 Å². The number of pyridine rings is 1. The van der Waals surface area contributed by atoms with Crippen molar-refractivity contribution in [2.24, 2.45) is 0 Å². The minimum atomic E-state index is -2.78. The van der Waals surface area contributed by atoms with Crippen LogP contribution < -0.4 is 0 Å². The zero-order valence-corrected chi connectivity index (χ0v) is 14.3. The molecule has 3 aromatic heterocycles. The molecular formula is C17H11BrF2N4O. The van der Waals surface area contributed by atoms with Crippen LogP contribution in [0.15, 0.2) is 57.7 Å². The fourth-order valence-electron chi connectivity index (χ4n) is 2.58. The molecule has 0 radical (unpaired) electrons. The Bertz CT molecular complexity index is 1030. The zero-order valence-electron chi connectivity index (χ0n) is 12.7. The van der Waals surface area contributed by atoms with Crippen LogP contribution in [-0.2, 0) is 6.54 Å². The van der Waals surface area contributed by atoms with Gasteiger partial charge in [0.2, 0.25) is 5.89 Å². The Kier molecular flexibility index (Phi) is 4.04. The first-order chi connectivity index (χ1) is 12.1. The van der Waals surface area contributed by atoms with Crippen molar-refractivity contribution < 1.29 is 13.2 Å². The first kappa shape index (κ1) is 15.9. The summed E-state index contributed by atoms with van der Waals surface area (Å²) in [6.07, 6.45) is 0.757. The van der Waals surface area contributed by atoms with Gasteiger partial charge in [0, 0.05) is 27.8 Å². The van der Waals surface area contributed by atoms with E-state index >= 15 is 0 Å². The molecule has 0 saturated carbocycles. The van der Waals surface area contributed by atoms with Gasteiger partial charge in [0.1, 0.15) is 0 Å². The van der Waals surface area contributed by atoms with Gasteiger partial charge in [-0.2, -0.15) is 8.78 Å². The lowest BCUT2D eigenvalue weighted by atomic mass is 10.2. The predicted octanol–water partition coefficient (Wildman–Crippen LogP) is 4.83. The first-order valence-corrected chi connectivity index (χ1v) is 8.21. The molecule has 0 bridgehead atoms. The Balaban J connectivity index is 1.58. The van der Waals surface area contributed by atoms with E-state index < -0.39 is 12.3 Å². The molecule has 126 valence electrons. The summed E-state index contributed by atoms with van der Waals surface area (Å²) in [6, 6.07) is 11.6. The lowest BCUT2D eigenvalue weighted by Gasteiger charge is -2.06. The summed E-state index contributed by atoms with van der Waals surface area (Å²) in [4.78, 5) is 4.37. The summed E-state index contributed by atoms with van der Waals surface area (Å²) in [5, 5.41) is 8.06. The van der Waals surface area contributed by atoms with Crippen molar-refractivity contribution in [3.8, 4) is 11.5 Å². The fourth-order valence-corrected chi connectivity index (χ4v) is 3.07. The number of aromatic nitrogens is 4. The molecule has 0 unspecified atom stereocenters. The van der Waals surface area contributed by atoms with E-state index in [0.717, 1.165) is 21.1 Å². The Morgan fingerprint density at radius 1 is 1.12 bits per heavy atom. The standard InChI is InChI=1S/C17H11BrF2N4O/c18-13-2-1-3-14-12(13)6-7-24(14)9-11-5-4-10(8-21-11)16-22-23-17(25-16)15(19)20/h1-8,15H,9H2. The summed E-state index contributed by atoms with van der Waals surface area (Å²) in [5.41, 5.74) is 2.43. The van der Waals surface area contributed by atoms with Crippen LogP contribution in [0.1, 0.15) is 18.0 Å². The Morgan fingerprint density at radius 2 is 2.00 bits per heavy atom. The molecule has 0 fully saturated rings. The van der Waals surface area contributed by atoms with Gasteiger partial charge in [-0.3, -0.25) is 4.98 Å². The number of hydrogen-bond acceptors (Lipinski definition) is 4. The quantitative estimate of drug-likeness (QED) is 0.488. The van der Waals surface area contributed by atoms with E-state index in [1.165, 1.54) is 0 Å². The highest BCUT2D eigenvalue weighted by atomic mass is 79.9. The Morgan fingerprint density at radius 3 is 2.72 bits per heavy atom. The fraction of sp³-hybridized carbons (Fsp3) is 0.118. The average molecular weight is 405 g/mol. The molecule has 8 heteroatoms. The van der Waals surface area contributed by atoms with Crippen LogP contribution in [0.2, 0.25) is 0 Å². The first-order valence-electron chi connectivity index (χ1n) is 7.42. The number of halogens is 3. The van der Waals surface area contributed by atoms with Crippen LogP contribution in [-0.4, -0.2) is 19.7 Å². The second kappa shape index (κ2) is 6.36. The van der Waals surface area contributed by atoms with Gasteiger partial charge in [-0.15, -0.1) is 10.2 Å². The molecule has 0 amide bonds. The van der Waals surface area contributed by atoms with Gasteiger partial charge in [0.15, 0.2) is 0 Å². The number of rotatable bonds is 4. The van der Waals surface area contributed by atoms with Gasteiger partial charge >= 0.3 is 6.43 Å². The summed E-state index contributed by atoms with van der Waals surface area (Å²) < 4.78 is 33.1. The van der Waals surface area contributed by atoms with Gasteiger partial charge in [0.25, 0.3) is 5.89 Å². The molecule has 0 atom stereocenters. The molecule has 0 aliphatic heterocycles. The minimum absolute atomic E-state index is 0.0321. The SMILES string of the molecule is FC(F)c1nnc(-c2ccc(Cn3ccc4c(Br)cccc43)nc2)o1. The van der Waals surface area contributed by atoms with Crippen molar-refractivity contribution in [2.45, 2.75) is 13.0 Å². The third-order valence-electron chi connectivity index (χ3n) is 3.79.